The lowest BCUT2D eigenvalue weighted by atomic mass is 9.74. The zero-order valence-electron chi connectivity index (χ0n) is 12.3. The lowest BCUT2D eigenvalue weighted by Crippen LogP contribution is -2.46. The molecule has 1 saturated heterocycles. The standard InChI is InChI=1S/C14H21N3O3S/c1-14(2,12(19)20)10-4-3-6-17(8-10)9-11(18)16-13-15-5-7-21-13/h5,7,10H,3-4,6,8-9H2,1-2H3,(H,19,20)(H,15,16,18). The van der Waals surface area contributed by atoms with Crippen LogP contribution in [0.3, 0.4) is 0 Å². The number of carbonyl (C=O) groups is 2. The Hall–Kier alpha value is -1.47. The van der Waals surface area contributed by atoms with Crippen molar-refractivity contribution < 1.29 is 14.7 Å². The smallest absolute Gasteiger partial charge is 0.309 e. The minimum atomic E-state index is -0.776. The molecule has 116 valence electrons. The highest BCUT2D eigenvalue weighted by Crippen LogP contribution is 2.34. The Morgan fingerprint density at radius 1 is 1.57 bits per heavy atom. The molecule has 0 bridgehead atoms. The number of likely N-dealkylation sites (tertiary alicyclic amines) is 1. The first kappa shape index (κ1) is 15.9. The zero-order chi connectivity index (χ0) is 15.5. The molecule has 0 spiro atoms. The molecule has 2 N–H and O–H groups in total. The lowest BCUT2D eigenvalue weighted by molar-refractivity contribution is -0.151. The third kappa shape index (κ3) is 4.01. The summed E-state index contributed by atoms with van der Waals surface area (Å²) in [6.07, 6.45) is 3.46. The molecule has 1 atom stereocenters. The summed E-state index contributed by atoms with van der Waals surface area (Å²) in [4.78, 5) is 29.4. The predicted molar refractivity (Wildman–Crippen MR) is 81.3 cm³/mol. The van der Waals surface area contributed by atoms with Crippen molar-refractivity contribution in [2.24, 2.45) is 11.3 Å². The van der Waals surface area contributed by atoms with Crippen LogP contribution in [0.25, 0.3) is 0 Å². The van der Waals surface area contributed by atoms with E-state index >= 15 is 0 Å². The first-order valence-corrected chi connectivity index (χ1v) is 7.92. The summed E-state index contributed by atoms with van der Waals surface area (Å²) in [7, 11) is 0. The highest BCUT2D eigenvalue weighted by atomic mass is 32.1. The van der Waals surface area contributed by atoms with E-state index in [9.17, 15) is 14.7 Å². The third-order valence-electron chi connectivity index (χ3n) is 4.12. The van der Waals surface area contributed by atoms with E-state index in [1.165, 1.54) is 11.3 Å². The van der Waals surface area contributed by atoms with Crippen LogP contribution in [-0.4, -0.2) is 46.5 Å². The van der Waals surface area contributed by atoms with Crippen LogP contribution in [0.1, 0.15) is 26.7 Å². The summed E-state index contributed by atoms with van der Waals surface area (Å²) in [5.41, 5.74) is -0.759. The maximum absolute atomic E-state index is 12.0. The first-order chi connectivity index (χ1) is 9.89. The highest BCUT2D eigenvalue weighted by molar-refractivity contribution is 7.13. The minimum Gasteiger partial charge on any atom is -0.481 e. The summed E-state index contributed by atoms with van der Waals surface area (Å²) in [5, 5.41) is 14.5. The Kier molecular flexibility index (Phi) is 4.95. The summed E-state index contributed by atoms with van der Waals surface area (Å²) in [6.45, 7) is 5.28. The number of thiazole rings is 1. The molecular formula is C14H21N3O3S. The number of aromatic nitrogens is 1. The fraction of sp³-hybridized carbons (Fsp3) is 0.643. The average molecular weight is 311 g/mol. The molecule has 1 aliphatic heterocycles. The molecule has 0 saturated carbocycles. The summed E-state index contributed by atoms with van der Waals surface area (Å²) < 4.78 is 0. The Balaban J connectivity index is 1.89. The number of carboxylic acids is 1. The van der Waals surface area contributed by atoms with Gasteiger partial charge in [-0.1, -0.05) is 0 Å². The predicted octanol–water partition coefficient (Wildman–Crippen LogP) is 1.90. The molecule has 21 heavy (non-hydrogen) atoms. The van der Waals surface area contributed by atoms with Gasteiger partial charge in [0.15, 0.2) is 5.13 Å². The van der Waals surface area contributed by atoms with E-state index in [2.05, 4.69) is 10.3 Å². The second kappa shape index (κ2) is 6.53. The zero-order valence-corrected chi connectivity index (χ0v) is 13.2. The number of nitrogens with one attached hydrogen (secondary N) is 1. The molecule has 1 aromatic heterocycles. The molecule has 2 rings (SSSR count). The van der Waals surface area contributed by atoms with Gasteiger partial charge in [-0.15, -0.1) is 11.3 Å². The second-order valence-corrected chi connectivity index (χ2v) is 6.88. The van der Waals surface area contributed by atoms with E-state index in [0.29, 0.717) is 11.7 Å². The van der Waals surface area contributed by atoms with Gasteiger partial charge < -0.3 is 10.4 Å². The maximum Gasteiger partial charge on any atom is 0.309 e. The number of aliphatic carboxylic acids is 1. The van der Waals surface area contributed by atoms with E-state index in [-0.39, 0.29) is 18.4 Å². The van der Waals surface area contributed by atoms with Crippen LogP contribution >= 0.6 is 11.3 Å². The van der Waals surface area contributed by atoms with Gasteiger partial charge in [0.05, 0.1) is 12.0 Å². The molecule has 1 amide bonds. The summed E-state index contributed by atoms with van der Waals surface area (Å²) >= 11 is 1.38. The van der Waals surface area contributed by atoms with Gasteiger partial charge in [-0.2, -0.15) is 0 Å². The molecule has 1 aromatic rings. The molecule has 0 aromatic carbocycles. The Labute approximate surface area is 128 Å². The molecule has 1 unspecified atom stereocenters. The van der Waals surface area contributed by atoms with Crippen molar-refractivity contribution in [1.29, 1.82) is 0 Å². The molecule has 1 aliphatic rings. The van der Waals surface area contributed by atoms with Crippen LogP contribution in [0, 0.1) is 11.3 Å². The van der Waals surface area contributed by atoms with Crippen LogP contribution in [0.15, 0.2) is 11.6 Å². The average Bonchev–Trinajstić information content (AvgIpc) is 2.91. The van der Waals surface area contributed by atoms with E-state index in [0.717, 1.165) is 19.4 Å². The van der Waals surface area contributed by atoms with Crippen molar-refractivity contribution in [2.45, 2.75) is 26.7 Å². The number of hydrogen-bond acceptors (Lipinski definition) is 5. The topological polar surface area (TPSA) is 82.5 Å². The van der Waals surface area contributed by atoms with Gasteiger partial charge in [-0.3, -0.25) is 14.5 Å². The van der Waals surface area contributed by atoms with E-state index in [1.807, 2.05) is 10.3 Å². The summed E-state index contributed by atoms with van der Waals surface area (Å²) in [6, 6.07) is 0. The van der Waals surface area contributed by atoms with E-state index in [1.54, 1.807) is 20.0 Å². The van der Waals surface area contributed by atoms with E-state index < -0.39 is 11.4 Å². The molecule has 7 heteroatoms. The maximum atomic E-state index is 12.0. The van der Waals surface area contributed by atoms with Gasteiger partial charge >= 0.3 is 5.97 Å². The van der Waals surface area contributed by atoms with Crippen LogP contribution < -0.4 is 5.32 Å². The van der Waals surface area contributed by atoms with Crippen LogP contribution in [0.4, 0.5) is 5.13 Å². The highest BCUT2D eigenvalue weighted by Gasteiger charge is 2.39. The number of rotatable bonds is 5. The van der Waals surface area contributed by atoms with Gasteiger partial charge in [0.1, 0.15) is 0 Å². The normalized spacial score (nSPS) is 20.2. The molecular weight excluding hydrogens is 290 g/mol. The Bertz CT molecular complexity index is 502. The molecule has 6 nitrogen and oxygen atoms in total. The Morgan fingerprint density at radius 3 is 2.95 bits per heavy atom. The van der Waals surface area contributed by atoms with Crippen molar-refractivity contribution >= 4 is 28.3 Å². The van der Waals surface area contributed by atoms with Gasteiger partial charge in [-0.25, -0.2) is 4.98 Å². The van der Waals surface area contributed by atoms with Crippen molar-refractivity contribution in [2.75, 3.05) is 25.0 Å². The van der Waals surface area contributed by atoms with Crippen molar-refractivity contribution in [1.82, 2.24) is 9.88 Å². The SMILES string of the molecule is CC(C)(C(=O)O)C1CCCN(CC(=O)Nc2nccs2)C1. The third-order valence-corrected chi connectivity index (χ3v) is 4.81. The number of piperidine rings is 1. The molecule has 1 fully saturated rings. The van der Waals surface area contributed by atoms with Gasteiger partial charge in [0.25, 0.3) is 0 Å². The van der Waals surface area contributed by atoms with Crippen molar-refractivity contribution in [3.8, 4) is 0 Å². The first-order valence-electron chi connectivity index (χ1n) is 7.04. The fourth-order valence-corrected chi connectivity index (χ4v) is 3.15. The van der Waals surface area contributed by atoms with Crippen LogP contribution in [0.2, 0.25) is 0 Å². The lowest BCUT2D eigenvalue weighted by Gasteiger charge is -2.38. The second-order valence-electron chi connectivity index (χ2n) is 5.99. The Morgan fingerprint density at radius 2 is 2.33 bits per heavy atom. The van der Waals surface area contributed by atoms with Crippen LogP contribution in [-0.2, 0) is 9.59 Å². The number of amides is 1. The van der Waals surface area contributed by atoms with Gasteiger partial charge in [0.2, 0.25) is 5.91 Å². The van der Waals surface area contributed by atoms with Gasteiger partial charge in [-0.05, 0) is 39.2 Å². The molecule has 0 radical (unpaired) electrons. The van der Waals surface area contributed by atoms with Gasteiger partial charge in [0, 0.05) is 18.1 Å². The fourth-order valence-electron chi connectivity index (χ4n) is 2.61. The van der Waals surface area contributed by atoms with Crippen LogP contribution in [0.5, 0.6) is 0 Å². The largest absolute Gasteiger partial charge is 0.481 e. The quantitative estimate of drug-likeness (QED) is 0.868. The number of anilines is 1. The molecule has 2 heterocycles. The monoisotopic (exact) mass is 311 g/mol. The number of hydrogen-bond donors (Lipinski definition) is 2. The van der Waals surface area contributed by atoms with Crippen molar-refractivity contribution in [3.63, 3.8) is 0 Å². The van der Waals surface area contributed by atoms with Crippen molar-refractivity contribution in [3.05, 3.63) is 11.6 Å². The molecule has 0 aliphatic carbocycles. The van der Waals surface area contributed by atoms with E-state index in [4.69, 9.17) is 0 Å². The number of carbonyl (C=O) groups excluding carboxylic acids is 1. The minimum absolute atomic E-state index is 0.0661. The number of nitrogens with zero attached hydrogens (tertiary/aromatic N) is 2. The number of carboxylic acid groups (broad SMARTS) is 1. The summed E-state index contributed by atoms with van der Waals surface area (Å²) in [5.74, 6) is -0.809.